The van der Waals surface area contributed by atoms with E-state index in [0.29, 0.717) is 97.3 Å². The molecule has 296 valence electrons. The predicted molar refractivity (Wildman–Crippen MR) is 207 cm³/mol. The van der Waals surface area contributed by atoms with Crippen molar-refractivity contribution in [3.05, 3.63) is 119 Å². The standard InChI is InChI=1S/C40H37N9O9/c1-54-37(52)29-19-30(38(53)55-2)21-35(20-29)48-46-33-9-7-31(8-10-33)41-39-42-36(43-40(44-39)49-11-13-56-14-12-49)18-26-3-5-32(6-4-26)45-47-34-16-27(22-57-24-50)15-28(17-34)23-58-25-51/h3-10,15-17,19-21,24-25H,11-14,18,22-23H2,1-2H3,(H,41,42,43,44). The smallest absolute Gasteiger partial charge is 0.337 e. The van der Waals surface area contributed by atoms with Crippen molar-refractivity contribution in [3.8, 4) is 0 Å². The van der Waals surface area contributed by atoms with Crippen LogP contribution in [0.1, 0.15) is 43.2 Å². The Morgan fingerprint density at radius 1 is 0.672 bits per heavy atom. The van der Waals surface area contributed by atoms with Gasteiger partial charge in [-0.3, -0.25) is 9.59 Å². The van der Waals surface area contributed by atoms with Crippen LogP contribution in [-0.4, -0.2) is 80.4 Å². The lowest BCUT2D eigenvalue weighted by atomic mass is 10.1. The second-order valence-corrected chi connectivity index (χ2v) is 12.5. The van der Waals surface area contributed by atoms with Gasteiger partial charge in [-0.15, -0.1) is 0 Å². The monoisotopic (exact) mass is 787 g/mol. The van der Waals surface area contributed by atoms with Crippen molar-refractivity contribution < 1.29 is 42.9 Å². The fourth-order valence-corrected chi connectivity index (χ4v) is 5.65. The molecule has 0 amide bonds. The summed E-state index contributed by atoms with van der Waals surface area (Å²) in [5, 5.41) is 20.4. The average molecular weight is 788 g/mol. The molecule has 0 unspecified atom stereocenters. The molecule has 0 bridgehead atoms. The fourth-order valence-electron chi connectivity index (χ4n) is 5.65. The molecular weight excluding hydrogens is 750 g/mol. The maximum Gasteiger partial charge on any atom is 0.337 e. The summed E-state index contributed by atoms with van der Waals surface area (Å²) in [6.07, 6.45) is 0.402. The molecule has 18 nitrogen and oxygen atoms in total. The number of rotatable bonds is 17. The van der Waals surface area contributed by atoms with Crippen LogP contribution in [0.5, 0.6) is 0 Å². The number of aromatic nitrogens is 3. The van der Waals surface area contributed by atoms with Gasteiger partial charge in [-0.05, 0) is 89.5 Å². The number of anilines is 3. The van der Waals surface area contributed by atoms with E-state index in [9.17, 15) is 19.2 Å². The zero-order valence-corrected chi connectivity index (χ0v) is 31.4. The Kier molecular flexibility index (Phi) is 13.8. The van der Waals surface area contributed by atoms with Crippen molar-refractivity contribution in [1.29, 1.82) is 0 Å². The number of carbonyl (C=O) groups is 4. The SMILES string of the molecule is COC(=O)c1cc(N=Nc2ccc(Nc3nc(Cc4ccc(N=Nc5cc(COC=O)cc(COC=O)c5)cc4)nc(N4CCOCC4)n3)cc2)cc(C(=O)OC)c1. The van der Waals surface area contributed by atoms with Crippen LogP contribution < -0.4 is 10.2 Å². The van der Waals surface area contributed by atoms with Gasteiger partial charge in [0.1, 0.15) is 19.0 Å². The molecule has 0 saturated carbocycles. The number of nitrogens with one attached hydrogen (secondary N) is 1. The molecule has 18 heteroatoms. The molecule has 5 aromatic rings. The Balaban J connectivity index is 1.16. The summed E-state index contributed by atoms with van der Waals surface area (Å²) < 4.78 is 24.9. The summed E-state index contributed by atoms with van der Waals surface area (Å²) in [5.41, 5.74) is 5.09. The van der Waals surface area contributed by atoms with Gasteiger partial charge in [0, 0.05) is 25.2 Å². The number of esters is 2. The van der Waals surface area contributed by atoms with Gasteiger partial charge in [0.05, 0.1) is 61.3 Å². The summed E-state index contributed by atoms with van der Waals surface area (Å²) in [7, 11) is 2.49. The second-order valence-electron chi connectivity index (χ2n) is 12.5. The molecule has 1 fully saturated rings. The minimum Gasteiger partial charge on any atom is -0.465 e. The Morgan fingerprint density at radius 3 is 1.76 bits per heavy atom. The topological polar surface area (TPSA) is 218 Å². The van der Waals surface area contributed by atoms with Gasteiger partial charge in [0.2, 0.25) is 11.9 Å². The van der Waals surface area contributed by atoms with Crippen LogP contribution in [0.3, 0.4) is 0 Å². The minimum atomic E-state index is -0.629. The Labute approximate surface area is 331 Å². The van der Waals surface area contributed by atoms with Gasteiger partial charge in [-0.1, -0.05) is 12.1 Å². The van der Waals surface area contributed by atoms with Crippen LogP contribution in [0.4, 0.5) is 40.3 Å². The van der Waals surface area contributed by atoms with Gasteiger partial charge in [-0.2, -0.15) is 35.4 Å². The molecule has 1 N–H and O–H groups in total. The van der Waals surface area contributed by atoms with E-state index in [4.69, 9.17) is 38.6 Å². The fraction of sp³-hybridized carbons (Fsp3) is 0.225. The zero-order chi connectivity index (χ0) is 40.7. The molecule has 1 aliphatic rings. The van der Waals surface area contributed by atoms with Crippen LogP contribution in [-0.2, 0) is 52.9 Å². The number of azo groups is 2. The lowest BCUT2D eigenvalue weighted by Crippen LogP contribution is -2.37. The number of carbonyl (C=O) groups excluding carboxylic acids is 4. The van der Waals surface area contributed by atoms with Crippen LogP contribution >= 0.6 is 0 Å². The molecule has 58 heavy (non-hydrogen) atoms. The lowest BCUT2D eigenvalue weighted by molar-refractivity contribution is -0.130. The summed E-state index contributed by atoms with van der Waals surface area (Å²) in [4.78, 5) is 61.9. The van der Waals surface area contributed by atoms with Crippen molar-refractivity contribution in [3.63, 3.8) is 0 Å². The molecule has 0 aliphatic carbocycles. The molecule has 0 radical (unpaired) electrons. The van der Waals surface area contributed by atoms with Crippen molar-refractivity contribution in [2.45, 2.75) is 19.6 Å². The molecule has 1 aliphatic heterocycles. The highest BCUT2D eigenvalue weighted by Crippen LogP contribution is 2.26. The number of ether oxygens (including phenoxy) is 5. The highest BCUT2D eigenvalue weighted by molar-refractivity contribution is 5.96. The van der Waals surface area contributed by atoms with E-state index in [2.05, 4.69) is 25.8 Å². The Morgan fingerprint density at radius 2 is 1.21 bits per heavy atom. The molecule has 0 atom stereocenters. The van der Waals surface area contributed by atoms with E-state index >= 15 is 0 Å². The number of hydrogen-bond donors (Lipinski definition) is 1. The molecule has 6 rings (SSSR count). The molecule has 1 aromatic heterocycles. The first-order valence-electron chi connectivity index (χ1n) is 17.7. The lowest BCUT2D eigenvalue weighted by Gasteiger charge is -2.27. The molecule has 4 aromatic carbocycles. The van der Waals surface area contributed by atoms with Gasteiger partial charge in [-0.25, -0.2) is 9.59 Å². The third kappa shape index (κ3) is 11.3. The number of morpholine rings is 1. The van der Waals surface area contributed by atoms with E-state index in [1.54, 1.807) is 42.5 Å². The molecule has 2 heterocycles. The van der Waals surface area contributed by atoms with Crippen molar-refractivity contribution in [2.75, 3.05) is 50.7 Å². The van der Waals surface area contributed by atoms with Gasteiger partial charge in [0.25, 0.3) is 12.9 Å². The van der Waals surface area contributed by atoms with Crippen molar-refractivity contribution in [1.82, 2.24) is 15.0 Å². The quantitative estimate of drug-likeness (QED) is 0.0444. The van der Waals surface area contributed by atoms with E-state index in [-0.39, 0.29) is 30.0 Å². The van der Waals surface area contributed by atoms with Crippen LogP contribution in [0.25, 0.3) is 0 Å². The normalized spacial score (nSPS) is 12.6. The van der Waals surface area contributed by atoms with Crippen LogP contribution in [0.2, 0.25) is 0 Å². The van der Waals surface area contributed by atoms with Gasteiger partial charge in [0.15, 0.2) is 0 Å². The minimum absolute atomic E-state index is 0.0380. The van der Waals surface area contributed by atoms with Crippen molar-refractivity contribution >= 4 is 65.2 Å². The first kappa shape index (κ1) is 40.2. The first-order valence-corrected chi connectivity index (χ1v) is 17.7. The first-order chi connectivity index (χ1) is 28.3. The zero-order valence-electron chi connectivity index (χ0n) is 31.4. The van der Waals surface area contributed by atoms with E-state index in [0.717, 1.165) is 5.56 Å². The molecular formula is C40H37N9O9. The average Bonchev–Trinajstić information content (AvgIpc) is 3.26. The van der Waals surface area contributed by atoms with Gasteiger partial charge < -0.3 is 33.9 Å². The maximum absolute atomic E-state index is 12.1. The summed E-state index contributed by atoms with van der Waals surface area (Å²) in [5.74, 6) is 0.149. The molecule has 0 spiro atoms. The van der Waals surface area contributed by atoms with Crippen molar-refractivity contribution in [2.24, 2.45) is 20.5 Å². The van der Waals surface area contributed by atoms with Crippen LogP contribution in [0.15, 0.2) is 105 Å². The number of hydrogen-bond acceptors (Lipinski definition) is 18. The van der Waals surface area contributed by atoms with E-state index in [1.165, 1.54) is 32.4 Å². The second kappa shape index (κ2) is 19.9. The van der Waals surface area contributed by atoms with Gasteiger partial charge >= 0.3 is 11.9 Å². The largest absolute Gasteiger partial charge is 0.465 e. The summed E-state index contributed by atoms with van der Waals surface area (Å²) in [6, 6.07) is 24.0. The summed E-state index contributed by atoms with van der Waals surface area (Å²) in [6.45, 7) is 3.15. The molecule has 1 saturated heterocycles. The highest BCUT2D eigenvalue weighted by atomic mass is 16.5. The number of methoxy groups -OCH3 is 2. The van der Waals surface area contributed by atoms with Crippen LogP contribution in [0, 0.1) is 0 Å². The Bertz CT molecular complexity index is 2230. The number of nitrogens with zero attached hydrogens (tertiary/aromatic N) is 8. The third-order valence-corrected chi connectivity index (χ3v) is 8.38. The summed E-state index contributed by atoms with van der Waals surface area (Å²) >= 11 is 0. The predicted octanol–water partition coefficient (Wildman–Crippen LogP) is 6.79. The van der Waals surface area contributed by atoms with E-state index in [1.807, 2.05) is 29.2 Å². The van der Waals surface area contributed by atoms with E-state index < -0.39 is 11.9 Å². The Hall–Kier alpha value is -7.47. The number of benzene rings is 4. The highest BCUT2D eigenvalue weighted by Gasteiger charge is 2.18. The maximum atomic E-state index is 12.1. The third-order valence-electron chi connectivity index (χ3n) is 8.38.